The number of hydrazone groups is 1. The summed E-state index contributed by atoms with van der Waals surface area (Å²) < 4.78 is 0. The number of hydrogen-bond acceptors (Lipinski definition) is 5. The van der Waals surface area contributed by atoms with Crippen LogP contribution in [0.2, 0.25) is 0 Å². The smallest absolute Gasteiger partial charge is 0.414 e. The Bertz CT molecular complexity index is 1010. The van der Waals surface area contributed by atoms with Crippen molar-refractivity contribution in [1.29, 1.82) is 0 Å². The maximum absolute atomic E-state index is 9.10. The zero-order chi connectivity index (χ0) is 24.5. The number of carboxylic acids is 2. The minimum absolute atomic E-state index is 0.373. The minimum Gasteiger partial charge on any atom is -0.473 e. The molecule has 1 aliphatic heterocycles. The molecule has 2 atom stereocenters. The van der Waals surface area contributed by atoms with Gasteiger partial charge in [-0.3, -0.25) is 5.01 Å². The molecule has 4 rings (SSSR count). The van der Waals surface area contributed by atoms with Crippen LogP contribution >= 0.6 is 0 Å². The molecule has 1 saturated carbocycles. The van der Waals surface area contributed by atoms with Crippen molar-refractivity contribution < 1.29 is 19.8 Å². The van der Waals surface area contributed by atoms with Crippen molar-refractivity contribution in [2.24, 2.45) is 11.0 Å². The van der Waals surface area contributed by atoms with Gasteiger partial charge in [0.1, 0.15) is 0 Å². The van der Waals surface area contributed by atoms with Crippen molar-refractivity contribution in [3.63, 3.8) is 0 Å². The van der Waals surface area contributed by atoms with Gasteiger partial charge in [0.15, 0.2) is 0 Å². The number of nitrogens with zero attached hydrogens (tertiary/aromatic N) is 3. The molecule has 2 N–H and O–H groups in total. The van der Waals surface area contributed by atoms with E-state index in [-0.39, 0.29) is 0 Å². The lowest BCUT2D eigenvalue weighted by Gasteiger charge is -2.31. The van der Waals surface area contributed by atoms with Crippen LogP contribution < -0.4 is 0 Å². The van der Waals surface area contributed by atoms with E-state index in [1.807, 2.05) is 0 Å². The Morgan fingerprint density at radius 3 is 2.24 bits per heavy atom. The summed E-state index contributed by atoms with van der Waals surface area (Å²) in [6, 6.07) is 22.0. The van der Waals surface area contributed by atoms with Gasteiger partial charge in [0.2, 0.25) is 0 Å². The fraction of sp³-hybridized carbons (Fsp3) is 0.370. The standard InChI is InChI=1S/C25H31N3.C2H2O4/c1-27(2)17-10-18-28-25(21-13-7-4-8-14-21)23-16-9-15-22(24(23)26-28)19-20-11-5-3-6-12-20;3-1(4)2(5)6/h3-8,11-14,19,23,25H,9-10,15-18H2,1-2H3;(H,3,4)(H,5,6)/b22-19-;. The summed E-state index contributed by atoms with van der Waals surface area (Å²) >= 11 is 0. The molecule has 2 aromatic carbocycles. The molecular weight excluding hydrogens is 430 g/mol. The molecule has 0 bridgehead atoms. The zero-order valence-corrected chi connectivity index (χ0v) is 19.8. The highest BCUT2D eigenvalue weighted by molar-refractivity contribution is 6.27. The van der Waals surface area contributed by atoms with Gasteiger partial charge in [0.05, 0.1) is 11.8 Å². The molecule has 1 aliphatic carbocycles. The number of fused-ring (bicyclic) bond motifs is 1. The number of carboxylic acid groups (broad SMARTS) is 2. The van der Waals surface area contributed by atoms with E-state index in [9.17, 15) is 0 Å². The molecule has 7 nitrogen and oxygen atoms in total. The van der Waals surface area contributed by atoms with Gasteiger partial charge in [-0.1, -0.05) is 60.7 Å². The van der Waals surface area contributed by atoms with E-state index in [0.717, 1.165) is 25.9 Å². The highest BCUT2D eigenvalue weighted by Crippen LogP contribution is 2.44. The first-order valence-electron chi connectivity index (χ1n) is 11.6. The van der Waals surface area contributed by atoms with Gasteiger partial charge in [0.25, 0.3) is 0 Å². The van der Waals surface area contributed by atoms with E-state index in [0.29, 0.717) is 12.0 Å². The highest BCUT2D eigenvalue weighted by Gasteiger charge is 2.40. The Kier molecular flexibility index (Phi) is 8.99. The quantitative estimate of drug-likeness (QED) is 0.617. The van der Waals surface area contributed by atoms with Gasteiger partial charge in [-0.25, -0.2) is 9.59 Å². The fourth-order valence-corrected chi connectivity index (χ4v) is 4.56. The van der Waals surface area contributed by atoms with E-state index in [2.05, 4.69) is 90.7 Å². The van der Waals surface area contributed by atoms with Crippen LogP contribution in [-0.2, 0) is 9.59 Å². The van der Waals surface area contributed by atoms with Crippen LogP contribution in [0.4, 0.5) is 0 Å². The molecule has 34 heavy (non-hydrogen) atoms. The molecule has 0 radical (unpaired) electrons. The minimum atomic E-state index is -1.82. The molecule has 2 aromatic rings. The van der Waals surface area contributed by atoms with Crippen molar-refractivity contribution in [1.82, 2.24) is 9.91 Å². The van der Waals surface area contributed by atoms with E-state index < -0.39 is 11.9 Å². The van der Waals surface area contributed by atoms with Crippen molar-refractivity contribution in [2.45, 2.75) is 31.7 Å². The zero-order valence-electron chi connectivity index (χ0n) is 19.8. The molecule has 1 fully saturated rings. The molecule has 180 valence electrons. The van der Waals surface area contributed by atoms with Gasteiger partial charge in [-0.15, -0.1) is 0 Å². The average molecular weight is 464 g/mol. The number of benzene rings is 2. The third kappa shape index (κ3) is 6.78. The van der Waals surface area contributed by atoms with E-state index >= 15 is 0 Å². The number of aliphatic carboxylic acids is 2. The molecule has 2 aliphatic rings. The lowest BCUT2D eigenvalue weighted by molar-refractivity contribution is -0.159. The number of hydrogen-bond donors (Lipinski definition) is 2. The van der Waals surface area contributed by atoms with Crippen LogP contribution in [0.3, 0.4) is 0 Å². The lowest BCUT2D eigenvalue weighted by atomic mass is 9.77. The van der Waals surface area contributed by atoms with Crippen molar-refractivity contribution in [3.05, 3.63) is 77.4 Å². The van der Waals surface area contributed by atoms with Crippen LogP contribution in [0.25, 0.3) is 6.08 Å². The first-order chi connectivity index (χ1) is 16.4. The van der Waals surface area contributed by atoms with Gasteiger partial charge < -0.3 is 15.1 Å². The molecule has 1 heterocycles. The van der Waals surface area contributed by atoms with Crippen LogP contribution in [0.1, 0.15) is 42.9 Å². The lowest BCUT2D eigenvalue weighted by Crippen LogP contribution is -2.29. The highest BCUT2D eigenvalue weighted by atomic mass is 16.4. The second-order valence-corrected chi connectivity index (χ2v) is 8.85. The third-order valence-electron chi connectivity index (χ3n) is 6.04. The van der Waals surface area contributed by atoms with Crippen molar-refractivity contribution >= 4 is 23.7 Å². The summed E-state index contributed by atoms with van der Waals surface area (Å²) in [7, 11) is 4.29. The topological polar surface area (TPSA) is 93.4 Å². The Morgan fingerprint density at radius 1 is 1.03 bits per heavy atom. The largest absolute Gasteiger partial charge is 0.473 e. The van der Waals surface area contributed by atoms with Gasteiger partial charge in [-0.05, 0) is 69.1 Å². The first-order valence-corrected chi connectivity index (χ1v) is 11.6. The SMILES string of the molecule is CN(C)CCCN1N=C2/C(=C\c3ccccc3)CCCC2C1c1ccccc1.O=C(O)C(=O)O. The van der Waals surface area contributed by atoms with Crippen LogP contribution in [0, 0.1) is 5.92 Å². The van der Waals surface area contributed by atoms with Crippen LogP contribution in [0.15, 0.2) is 71.3 Å². The van der Waals surface area contributed by atoms with Crippen LogP contribution in [0.5, 0.6) is 0 Å². The molecule has 0 spiro atoms. The summed E-state index contributed by atoms with van der Waals surface area (Å²) in [6.45, 7) is 2.11. The van der Waals surface area contributed by atoms with Crippen molar-refractivity contribution in [3.8, 4) is 0 Å². The van der Waals surface area contributed by atoms with E-state index in [1.165, 1.54) is 35.3 Å². The predicted molar refractivity (Wildman–Crippen MR) is 134 cm³/mol. The summed E-state index contributed by atoms with van der Waals surface area (Å²) in [5, 5.41) is 22.4. The van der Waals surface area contributed by atoms with Gasteiger partial charge in [-0.2, -0.15) is 5.10 Å². The van der Waals surface area contributed by atoms with Gasteiger partial charge >= 0.3 is 11.9 Å². The normalized spacial score (nSPS) is 20.4. The Morgan fingerprint density at radius 2 is 1.65 bits per heavy atom. The molecule has 7 heteroatoms. The van der Waals surface area contributed by atoms with Gasteiger partial charge in [0, 0.05) is 12.5 Å². The second-order valence-electron chi connectivity index (χ2n) is 8.85. The summed E-state index contributed by atoms with van der Waals surface area (Å²) in [5.41, 5.74) is 5.44. The Balaban J connectivity index is 0.000000481. The Hall–Kier alpha value is -3.45. The number of rotatable bonds is 6. The summed E-state index contributed by atoms with van der Waals surface area (Å²) in [4.78, 5) is 20.5. The first kappa shape index (κ1) is 25.2. The van der Waals surface area contributed by atoms with E-state index in [1.54, 1.807) is 0 Å². The fourth-order valence-electron chi connectivity index (χ4n) is 4.56. The number of allylic oxidation sites excluding steroid dienone is 1. The van der Waals surface area contributed by atoms with Crippen molar-refractivity contribution in [2.75, 3.05) is 27.2 Å². The monoisotopic (exact) mass is 463 g/mol. The second kappa shape index (κ2) is 12.1. The number of carbonyl (C=O) groups is 2. The summed E-state index contributed by atoms with van der Waals surface area (Å²) in [6.07, 6.45) is 7.11. The maximum atomic E-state index is 9.10. The third-order valence-corrected chi connectivity index (χ3v) is 6.04. The molecule has 0 aromatic heterocycles. The molecule has 0 saturated heterocycles. The molecule has 0 amide bonds. The Labute approximate surface area is 201 Å². The maximum Gasteiger partial charge on any atom is 0.414 e. The molecule has 2 unspecified atom stereocenters. The van der Waals surface area contributed by atoms with E-state index in [4.69, 9.17) is 24.9 Å². The molecular formula is C27H33N3O4. The average Bonchev–Trinajstić information content (AvgIpc) is 3.20. The summed E-state index contributed by atoms with van der Waals surface area (Å²) in [5.74, 6) is -3.14. The van der Waals surface area contributed by atoms with Crippen LogP contribution in [-0.4, -0.2) is 65.0 Å². The predicted octanol–water partition coefficient (Wildman–Crippen LogP) is 4.39.